The summed E-state index contributed by atoms with van der Waals surface area (Å²) in [5.74, 6) is 0.102. The van der Waals surface area contributed by atoms with Gasteiger partial charge in [0, 0.05) is 18.7 Å². The first-order chi connectivity index (χ1) is 6.13. The molecule has 1 fully saturated rings. The van der Waals surface area contributed by atoms with Gasteiger partial charge in [0.2, 0.25) is 0 Å². The Morgan fingerprint density at radius 3 is 2.62 bits per heavy atom. The molecule has 0 bridgehead atoms. The number of aliphatic hydroxyl groups excluding tert-OH is 1. The second-order valence-corrected chi connectivity index (χ2v) is 3.84. The number of rotatable bonds is 4. The quantitative estimate of drug-likeness (QED) is 0.597. The standard InChI is InChI=1S/C9H18N2O2/c1-6(5-12)7(2)10-9(13)11-8-3-4-8/h6-8,12H,3-5H2,1-2H3,(H2,10,11,13). The number of amides is 2. The van der Waals surface area contributed by atoms with Crippen LogP contribution in [0, 0.1) is 5.92 Å². The third-order valence-corrected chi connectivity index (χ3v) is 2.41. The molecule has 0 radical (unpaired) electrons. The average molecular weight is 186 g/mol. The number of carbonyl (C=O) groups excluding carboxylic acids is 1. The van der Waals surface area contributed by atoms with Crippen LogP contribution in [-0.2, 0) is 0 Å². The summed E-state index contributed by atoms with van der Waals surface area (Å²) < 4.78 is 0. The van der Waals surface area contributed by atoms with Crippen LogP contribution in [0.5, 0.6) is 0 Å². The van der Waals surface area contributed by atoms with Gasteiger partial charge in [0.25, 0.3) is 0 Å². The van der Waals surface area contributed by atoms with Gasteiger partial charge in [0.1, 0.15) is 0 Å². The maximum absolute atomic E-state index is 11.2. The molecule has 0 aromatic carbocycles. The summed E-state index contributed by atoms with van der Waals surface area (Å²) in [4.78, 5) is 11.2. The second-order valence-electron chi connectivity index (χ2n) is 3.84. The van der Waals surface area contributed by atoms with Crippen molar-refractivity contribution in [3.05, 3.63) is 0 Å². The lowest BCUT2D eigenvalue weighted by molar-refractivity contribution is 0.200. The van der Waals surface area contributed by atoms with E-state index in [-0.39, 0.29) is 24.6 Å². The maximum atomic E-state index is 11.2. The number of nitrogens with one attached hydrogen (secondary N) is 2. The summed E-state index contributed by atoms with van der Waals surface area (Å²) in [5.41, 5.74) is 0. The lowest BCUT2D eigenvalue weighted by Crippen LogP contribution is -2.44. The topological polar surface area (TPSA) is 61.4 Å². The Labute approximate surface area is 78.7 Å². The van der Waals surface area contributed by atoms with Crippen molar-refractivity contribution in [1.82, 2.24) is 10.6 Å². The van der Waals surface area contributed by atoms with E-state index in [0.29, 0.717) is 6.04 Å². The van der Waals surface area contributed by atoms with Crippen LogP contribution in [0.4, 0.5) is 4.79 Å². The SMILES string of the molecule is CC(CO)C(C)NC(=O)NC1CC1. The summed E-state index contributed by atoms with van der Waals surface area (Å²) in [6, 6.07) is 0.288. The molecule has 0 aromatic heterocycles. The molecule has 1 aliphatic carbocycles. The van der Waals surface area contributed by atoms with Crippen molar-refractivity contribution in [2.45, 2.75) is 38.8 Å². The van der Waals surface area contributed by atoms with Gasteiger partial charge in [-0.15, -0.1) is 0 Å². The van der Waals surface area contributed by atoms with Crippen LogP contribution in [0.15, 0.2) is 0 Å². The number of carbonyl (C=O) groups is 1. The number of urea groups is 1. The van der Waals surface area contributed by atoms with Crippen molar-refractivity contribution in [2.75, 3.05) is 6.61 Å². The number of hydrogen-bond donors (Lipinski definition) is 3. The highest BCUT2D eigenvalue weighted by atomic mass is 16.3. The van der Waals surface area contributed by atoms with Crippen LogP contribution >= 0.6 is 0 Å². The largest absolute Gasteiger partial charge is 0.396 e. The molecule has 0 aromatic rings. The van der Waals surface area contributed by atoms with Gasteiger partial charge in [0.05, 0.1) is 0 Å². The van der Waals surface area contributed by atoms with Crippen LogP contribution in [0.3, 0.4) is 0 Å². The van der Waals surface area contributed by atoms with Gasteiger partial charge in [0.15, 0.2) is 0 Å². The van der Waals surface area contributed by atoms with Gasteiger partial charge in [-0.3, -0.25) is 0 Å². The molecule has 13 heavy (non-hydrogen) atoms. The smallest absolute Gasteiger partial charge is 0.315 e. The molecule has 3 N–H and O–H groups in total. The molecular formula is C9H18N2O2. The van der Waals surface area contributed by atoms with Gasteiger partial charge >= 0.3 is 6.03 Å². The van der Waals surface area contributed by atoms with Crippen LogP contribution in [0.25, 0.3) is 0 Å². The fourth-order valence-electron chi connectivity index (χ4n) is 0.962. The zero-order valence-corrected chi connectivity index (χ0v) is 8.21. The van der Waals surface area contributed by atoms with E-state index < -0.39 is 0 Å². The van der Waals surface area contributed by atoms with Gasteiger partial charge in [-0.25, -0.2) is 4.79 Å². The lowest BCUT2D eigenvalue weighted by atomic mass is 10.1. The molecule has 76 valence electrons. The predicted octanol–water partition coefficient (Wildman–Crippen LogP) is 0.465. The van der Waals surface area contributed by atoms with Gasteiger partial charge in [-0.05, 0) is 25.7 Å². The monoisotopic (exact) mass is 186 g/mol. The minimum Gasteiger partial charge on any atom is -0.396 e. The Morgan fingerprint density at radius 2 is 2.15 bits per heavy atom. The van der Waals surface area contributed by atoms with E-state index in [1.807, 2.05) is 13.8 Å². The fourth-order valence-corrected chi connectivity index (χ4v) is 0.962. The molecule has 0 aliphatic heterocycles. The van der Waals surface area contributed by atoms with E-state index in [1.54, 1.807) is 0 Å². The van der Waals surface area contributed by atoms with Gasteiger partial charge in [-0.1, -0.05) is 6.92 Å². The lowest BCUT2D eigenvalue weighted by Gasteiger charge is -2.19. The van der Waals surface area contributed by atoms with Crippen molar-refractivity contribution < 1.29 is 9.90 Å². The molecule has 2 amide bonds. The average Bonchev–Trinajstić information content (AvgIpc) is 2.86. The molecule has 0 saturated heterocycles. The van der Waals surface area contributed by atoms with Crippen molar-refractivity contribution in [2.24, 2.45) is 5.92 Å². The molecule has 1 rings (SSSR count). The number of aliphatic hydroxyl groups is 1. The van der Waals surface area contributed by atoms with E-state index in [1.165, 1.54) is 0 Å². The Morgan fingerprint density at radius 1 is 1.54 bits per heavy atom. The highest BCUT2D eigenvalue weighted by Gasteiger charge is 2.24. The first kappa shape index (κ1) is 10.3. The highest BCUT2D eigenvalue weighted by molar-refractivity contribution is 5.74. The normalized spacial score (nSPS) is 20.5. The molecule has 0 spiro atoms. The van der Waals surface area contributed by atoms with E-state index in [2.05, 4.69) is 10.6 Å². The van der Waals surface area contributed by atoms with Gasteiger partial charge < -0.3 is 15.7 Å². The Kier molecular flexibility index (Phi) is 3.54. The first-order valence-electron chi connectivity index (χ1n) is 4.81. The molecule has 4 heteroatoms. The molecule has 4 nitrogen and oxygen atoms in total. The Balaban J connectivity index is 2.17. The van der Waals surface area contributed by atoms with Crippen molar-refractivity contribution in [1.29, 1.82) is 0 Å². The zero-order valence-electron chi connectivity index (χ0n) is 8.21. The van der Waals surface area contributed by atoms with Crippen LogP contribution in [0.1, 0.15) is 26.7 Å². The molecule has 2 unspecified atom stereocenters. The summed E-state index contributed by atoms with van der Waals surface area (Å²) in [6.45, 7) is 3.90. The summed E-state index contributed by atoms with van der Waals surface area (Å²) in [7, 11) is 0. The Hall–Kier alpha value is -0.770. The Bertz CT molecular complexity index is 180. The predicted molar refractivity (Wildman–Crippen MR) is 50.4 cm³/mol. The maximum Gasteiger partial charge on any atom is 0.315 e. The van der Waals surface area contributed by atoms with E-state index >= 15 is 0 Å². The molecular weight excluding hydrogens is 168 g/mol. The van der Waals surface area contributed by atoms with Crippen LogP contribution in [0.2, 0.25) is 0 Å². The van der Waals surface area contributed by atoms with Gasteiger partial charge in [-0.2, -0.15) is 0 Å². The molecule has 0 heterocycles. The fraction of sp³-hybridized carbons (Fsp3) is 0.889. The van der Waals surface area contributed by atoms with E-state index in [9.17, 15) is 4.79 Å². The van der Waals surface area contributed by atoms with Crippen LogP contribution in [-0.4, -0.2) is 29.8 Å². The third-order valence-electron chi connectivity index (χ3n) is 2.41. The zero-order chi connectivity index (χ0) is 9.84. The van der Waals surface area contributed by atoms with Crippen molar-refractivity contribution in [3.8, 4) is 0 Å². The molecule has 1 saturated carbocycles. The third kappa shape index (κ3) is 3.63. The highest BCUT2D eigenvalue weighted by Crippen LogP contribution is 2.18. The summed E-state index contributed by atoms with van der Waals surface area (Å²) >= 11 is 0. The minimum atomic E-state index is -0.115. The summed E-state index contributed by atoms with van der Waals surface area (Å²) in [6.07, 6.45) is 2.19. The molecule has 1 aliphatic rings. The summed E-state index contributed by atoms with van der Waals surface area (Å²) in [5, 5.41) is 14.5. The second kappa shape index (κ2) is 4.46. The van der Waals surface area contributed by atoms with Crippen molar-refractivity contribution >= 4 is 6.03 Å². The van der Waals surface area contributed by atoms with E-state index in [4.69, 9.17) is 5.11 Å². The van der Waals surface area contributed by atoms with Crippen LogP contribution < -0.4 is 10.6 Å². The number of hydrogen-bond acceptors (Lipinski definition) is 2. The molecule has 2 atom stereocenters. The van der Waals surface area contributed by atoms with E-state index in [0.717, 1.165) is 12.8 Å². The first-order valence-corrected chi connectivity index (χ1v) is 4.81. The van der Waals surface area contributed by atoms with Crippen molar-refractivity contribution in [3.63, 3.8) is 0 Å². The minimum absolute atomic E-state index is 0.0174.